The Kier molecular flexibility index (Phi) is 7.12. The van der Waals surface area contributed by atoms with Crippen molar-refractivity contribution in [2.75, 3.05) is 0 Å². The third kappa shape index (κ3) is 5.75. The van der Waals surface area contributed by atoms with Crippen LogP contribution in [0.25, 0.3) is 0 Å². The Bertz CT molecular complexity index is 1010. The van der Waals surface area contributed by atoms with Crippen LogP contribution < -0.4 is 10.6 Å². The molecule has 1 aromatic heterocycles. The predicted molar refractivity (Wildman–Crippen MR) is 112 cm³/mol. The summed E-state index contributed by atoms with van der Waals surface area (Å²) in [6, 6.07) is 11.8. The van der Waals surface area contributed by atoms with Crippen molar-refractivity contribution in [1.82, 2.24) is 20.4 Å². The highest BCUT2D eigenvalue weighted by Crippen LogP contribution is 2.13. The van der Waals surface area contributed by atoms with Crippen LogP contribution in [0.1, 0.15) is 35.3 Å². The smallest absolute Gasteiger partial charge is 0.257 e. The Morgan fingerprint density at radius 2 is 1.65 bits per heavy atom. The Hall–Kier alpha value is -3.55. The fourth-order valence-electron chi connectivity index (χ4n) is 3.11. The second kappa shape index (κ2) is 9.97. The zero-order valence-corrected chi connectivity index (χ0v) is 17.3. The molecule has 8 heteroatoms. The number of amides is 2. The molecule has 0 unspecified atom stereocenters. The predicted octanol–water partition coefficient (Wildman–Crippen LogP) is 3.28. The minimum absolute atomic E-state index is 0.258. The van der Waals surface area contributed by atoms with E-state index in [-0.39, 0.29) is 12.5 Å². The van der Waals surface area contributed by atoms with Gasteiger partial charge in [0.15, 0.2) is 0 Å². The number of carbonyl (C=O) groups is 2. The van der Waals surface area contributed by atoms with Crippen LogP contribution in [0, 0.1) is 17.6 Å². The molecule has 0 fully saturated rings. The fraction of sp³-hybridized carbons (Fsp3) is 0.261. The molecule has 0 bridgehead atoms. The highest BCUT2D eigenvalue weighted by atomic mass is 19.1. The number of nitrogens with one attached hydrogen (secondary N) is 2. The van der Waals surface area contributed by atoms with Crippen LogP contribution in [-0.4, -0.2) is 27.6 Å². The molecule has 3 aromatic rings. The first kappa shape index (κ1) is 22.1. The van der Waals surface area contributed by atoms with E-state index < -0.39 is 35.1 Å². The molecule has 31 heavy (non-hydrogen) atoms. The minimum atomic E-state index is -0.976. The number of aromatic nitrogens is 2. The van der Waals surface area contributed by atoms with Gasteiger partial charge in [-0.1, -0.05) is 44.2 Å². The lowest BCUT2D eigenvalue weighted by Crippen LogP contribution is -2.49. The number of hydrogen-bond donors (Lipinski definition) is 2. The van der Waals surface area contributed by atoms with Crippen molar-refractivity contribution in [2.45, 2.75) is 33.0 Å². The molecule has 2 aromatic carbocycles. The van der Waals surface area contributed by atoms with E-state index in [0.717, 1.165) is 23.3 Å². The summed E-state index contributed by atoms with van der Waals surface area (Å²) >= 11 is 0. The molecule has 1 heterocycles. The zero-order chi connectivity index (χ0) is 22.4. The zero-order valence-electron chi connectivity index (χ0n) is 17.3. The molecule has 162 valence electrons. The molecule has 0 saturated heterocycles. The van der Waals surface area contributed by atoms with Crippen LogP contribution in [0.4, 0.5) is 8.78 Å². The van der Waals surface area contributed by atoms with Crippen molar-refractivity contribution >= 4 is 11.8 Å². The molecule has 3 rings (SSSR count). The number of rotatable bonds is 8. The second-order valence-electron chi connectivity index (χ2n) is 7.53. The molecule has 6 nitrogen and oxygen atoms in total. The van der Waals surface area contributed by atoms with Gasteiger partial charge in [0.1, 0.15) is 23.2 Å². The Morgan fingerprint density at radius 1 is 1.00 bits per heavy atom. The lowest BCUT2D eigenvalue weighted by Gasteiger charge is -2.22. The van der Waals surface area contributed by atoms with Crippen LogP contribution in [0.3, 0.4) is 0 Å². The summed E-state index contributed by atoms with van der Waals surface area (Å²) in [5.41, 5.74) is 1.25. The molecule has 0 aliphatic carbocycles. The third-order valence-corrected chi connectivity index (χ3v) is 4.82. The normalized spacial score (nSPS) is 11.9. The van der Waals surface area contributed by atoms with Gasteiger partial charge in [-0.2, -0.15) is 5.10 Å². The number of halogens is 2. The van der Waals surface area contributed by atoms with Gasteiger partial charge < -0.3 is 10.6 Å². The van der Waals surface area contributed by atoms with Gasteiger partial charge in [0.05, 0.1) is 6.54 Å². The number of benzene rings is 2. The summed E-state index contributed by atoms with van der Waals surface area (Å²) < 4.78 is 29.5. The quantitative estimate of drug-likeness (QED) is 0.581. The van der Waals surface area contributed by atoms with E-state index in [1.54, 1.807) is 20.0 Å². The summed E-state index contributed by atoms with van der Waals surface area (Å²) in [5.74, 6) is -3.63. The number of hydrogen-bond acceptors (Lipinski definition) is 3. The van der Waals surface area contributed by atoms with Gasteiger partial charge in [-0.3, -0.25) is 14.3 Å². The maximum absolute atomic E-state index is 13.9. The number of nitrogens with zero attached hydrogens (tertiary/aromatic N) is 2. The van der Waals surface area contributed by atoms with Crippen molar-refractivity contribution in [2.24, 2.45) is 5.92 Å². The molecule has 0 aliphatic rings. The van der Waals surface area contributed by atoms with Crippen molar-refractivity contribution in [3.05, 3.63) is 89.2 Å². The first-order valence-electron chi connectivity index (χ1n) is 9.93. The molecule has 0 radical (unpaired) electrons. The van der Waals surface area contributed by atoms with Crippen LogP contribution in [0.15, 0.2) is 60.9 Å². The van der Waals surface area contributed by atoms with Gasteiger partial charge in [0, 0.05) is 18.9 Å². The molecule has 1 atom stereocenters. The van der Waals surface area contributed by atoms with Crippen molar-refractivity contribution in [3.8, 4) is 0 Å². The van der Waals surface area contributed by atoms with Gasteiger partial charge in [-0.05, 0) is 35.2 Å². The van der Waals surface area contributed by atoms with E-state index in [2.05, 4.69) is 15.7 Å². The lowest BCUT2D eigenvalue weighted by atomic mass is 10.0. The first-order valence-corrected chi connectivity index (χ1v) is 9.93. The van der Waals surface area contributed by atoms with Gasteiger partial charge in [-0.25, -0.2) is 8.78 Å². The van der Waals surface area contributed by atoms with Gasteiger partial charge in [-0.15, -0.1) is 0 Å². The Labute approximate surface area is 179 Å². The largest absolute Gasteiger partial charge is 0.350 e. The topological polar surface area (TPSA) is 76.0 Å². The van der Waals surface area contributed by atoms with Crippen molar-refractivity contribution < 1.29 is 18.4 Å². The fourth-order valence-corrected chi connectivity index (χ4v) is 3.11. The van der Waals surface area contributed by atoms with E-state index in [1.165, 1.54) is 6.07 Å². The maximum Gasteiger partial charge on any atom is 0.257 e. The van der Waals surface area contributed by atoms with Crippen LogP contribution >= 0.6 is 0 Å². The summed E-state index contributed by atoms with van der Waals surface area (Å²) in [5, 5.41) is 9.38. The highest BCUT2D eigenvalue weighted by molar-refractivity contribution is 5.98. The van der Waals surface area contributed by atoms with E-state index in [4.69, 9.17) is 0 Å². The van der Waals surface area contributed by atoms with E-state index >= 15 is 0 Å². The highest BCUT2D eigenvalue weighted by Gasteiger charge is 2.27. The van der Waals surface area contributed by atoms with Crippen molar-refractivity contribution in [3.63, 3.8) is 0 Å². The van der Waals surface area contributed by atoms with E-state index in [1.807, 2.05) is 41.2 Å². The van der Waals surface area contributed by atoms with E-state index in [9.17, 15) is 18.4 Å². The van der Waals surface area contributed by atoms with Crippen LogP contribution in [0.5, 0.6) is 0 Å². The first-order chi connectivity index (χ1) is 14.8. The molecule has 0 spiro atoms. The monoisotopic (exact) mass is 426 g/mol. The summed E-state index contributed by atoms with van der Waals surface area (Å²) in [6.45, 7) is 4.39. The third-order valence-electron chi connectivity index (χ3n) is 4.82. The second-order valence-corrected chi connectivity index (χ2v) is 7.53. The Morgan fingerprint density at radius 3 is 2.23 bits per heavy atom. The number of carbonyl (C=O) groups excluding carboxylic acids is 2. The standard InChI is InChI=1S/C23H24F2N4O2/c1-15(2)21(28-22(30)20-18(24)5-3-6-19(20)25)23(31)26-13-16-7-9-17(10-8-16)14-29-12-4-11-27-29/h3-12,15,21H,13-14H2,1-2H3,(H,26,31)(H,28,30)/t21-/m0/s1. The van der Waals surface area contributed by atoms with Gasteiger partial charge in [0.25, 0.3) is 5.91 Å². The minimum Gasteiger partial charge on any atom is -0.350 e. The molecule has 0 saturated carbocycles. The SMILES string of the molecule is CC(C)[C@H](NC(=O)c1c(F)cccc1F)C(=O)NCc1ccc(Cn2cccn2)cc1. The summed E-state index contributed by atoms with van der Waals surface area (Å²) in [4.78, 5) is 25.0. The van der Waals surface area contributed by atoms with Gasteiger partial charge >= 0.3 is 0 Å². The molecule has 2 amide bonds. The van der Waals surface area contributed by atoms with Crippen molar-refractivity contribution in [1.29, 1.82) is 0 Å². The average Bonchev–Trinajstić information content (AvgIpc) is 3.24. The molecular weight excluding hydrogens is 402 g/mol. The summed E-state index contributed by atoms with van der Waals surface area (Å²) in [6.07, 6.45) is 3.59. The molecular formula is C23H24F2N4O2. The van der Waals surface area contributed by atoms with E-state index in [0.29, 0.717) is 6.54 Å². The van der Waals surface area contributed by atoms with Gasteiger partial charge in [0.2, 0.25) is 5.91 Å². The summed E-state index contributed by atoms with van der Waals surface area (Å²) in [7, 11) is 0. The molecule has 0 aliphatic heterocycles. The maximum atomic E-state index is 13.9. The molecule has 2 N–H and O–H groups in total. The van der Waals surface area contributed by atoms with Crippen LogP contribution in [0.2, 0.25) is 0 Å². The van der Waals surface area contributed by atoms with Crippen LogP contribution in [-0.2, 0) is 17.9 Å². The lowest BCUT2D eigenvalue weighted by molar-refractivity contribution is -0.124. The average molecular weight is 426 g/mol. The Balaban J connectivity index is 1.60.